The fourth-order valence-electron chi connectivity index (χ4n) is 2.96. The topological polar surface area (TPSA) is 85.8 Å². The molecule has 0 aliphatic heterocycles. The first-order valence-corrected chi connectivity index (χ1v) is 8.05. The van der Waals surface area contributed by atoms with E-state index in [9.17, 15) is 4.79 Å². The number of pyridine rings is 1. The van der Waals surface area contributed by atoms with E-state index in [1.165, 1.54) is 0 Å². The smallest absolute Gasteiger partial charge is 0.278 e. The lowest BCUT2D eigenvalue weighted by molar-refractivity contribution is 0.101. The molecule has 0 atom stereocenters. The first-order valence-electron chi connectivity index (χ1n) is 8.05. The van der Waals surface area contributed by atoms with Gasteiger partial charge in [-0.25, -0.2) is 4.68 Å². The third kappa shape index (κ3) is 2.80. The molecule has 7 nitrogen and oxygen atoms in total. The van der Waals surface area contributed by atoms with E-state index in [-0.39, 0.29) is 5.91 Å². The monoisotopic (exact) mass is 323 g/mol. The van der Waals surface area contributed by atoms with Crippen molar-refractivity contribution in [3.05, 3.63) is 53.9 Å². The molecule has 24 heavy (non-hydrogen) atoms. The molecule has 3 aromatic rings. The lowest BCUT2D eigenvalue weighted by Crippen LogP contribution is -2.14. The second-order valence-electron chi connectivity index (χ2n) is 5.83. The number of hydrogen-bond acceptors (Lipinski definition) is 5. The number of aromatic nitrogens is 4. The number of carbonyl (C=O) groups is 1. The lowest BCUT2D eigenvalue weighted by Gasteiger charge is -2.02. The largest absolute Gasteiger partial charge is 0.360 e. The summed E-state index contributed by atoms with van der Waals surface area (Å²) in [6.07, 6.45) is 11.8. The fourth-order valence-corrected chi connectivity index (χ4v) is 2.96. The van der Waals surface area contributed by atoms with Gasteiger partial charge in [-0.1, -0.05) is 11.6 Å². The van der Waals surface area contributed by atoms with Gasteiger partial charge >= 0.3 is 0 Å². The summed E-state index contributed by atoms with van der Waals surface area (Å²) in [5, 5.41) is 11.1. The highest BCUT2D eigenvalue weighted by Crippen LogP contribution is 2.24. The molecule has 1 amide bonds. The Labute approximate surface area is 138 Å². The van der Waals surface area contributed by atoms with Crippen molar-refractivity contribution in [2.75, 3.05) is 5.32 Å². The van der Waals surface area contributed by atoms with Crippen LogP contribution in [0, 0.1) is 0 Å². The predicted octanol–water partition coefficient (Wildman–Crippen LogP) is 2.78. The number of hydrogen-bond donors (Lipinski definition) is 1. The number of nitrogens with zero attached hydrogens (tertiary/aromatic N) is 4. The summed E-state index contributed by atoms with van der Waals surface area (Å²) in [6.45, 7) is 0. The van der Waals surface area contributed by atoms with Gasteiger partial charge in [-0.05, 0) is 31.4 Å². The van der Waals surface area contributed by atoms with E-state index in [4.69, 9.17) is 4.52 Å². The van der Waals surface area contributed by atoms with Crippen LogP contribution in [0.1, 0.15) is 41.1 Å². The van der Waals surface area contributed by atoms with Crippen LogP contribution in [-0.4, -0.2) is 25.8 Å². The molecule has 122 valence electrons. The van der Waals surface area contributed by atoms with Crippen molar-refractivity contribution in [1.82, 2.24) is 19.9 Å². The summed E-state index contributed by atoms with van der Waals surface area (Å²) in [5.74, 6) is 0.598. The van der Waals surface area contributed by atoms with Crippen molar-refractivity contribution in [3.8, 4) is 5.69 Å². The van der Waals surface area contributed by atoms with Crippen LogP contribution in [0.5, 0.6) is 0 Å². The molecule has 4 rings (SSSR count). The summed E-state index contributed by atoms with van der Waals surface area (Å²) < 4.78 is 7.04. The highest BCUT2D eigenvalue weighted by Gasteiger charge is 2.23. The zero-order valence-electron chi connectivity index (χ0n) is 13.1. The molecule has 0 radical (unpaired) electrons. The van der Waals surface area contributed by atoms with Crippen LogP contribution in [0.3, 0.4) is 0 Å². The molecule has 0 fully saturated rings. The highest BCUT2D eigenvalue weighted by molar-refractivity contribution is 6.03. The SMILES string of the molecule is O=C(Nc1cnn(-c2ccncc2)c1)c1noc2c1CCCCC2. The van der Waals surface area contributed by atoms with Crippen LogP contribution < -0.4 is 5.32 Å². The summed E-state index contributed by atoms with van der Waals surface area (Å²) in [4.78, 5) is 16.5. The number of anilines is 1. The van der Waals surface area contributed by atoms with Crippen molar-refractivity contribution < 1.29 is 9.32 Å². The Hall–Kier alpha value is -2.96. The molecule has 7 heteroatoms. The number of amides is 1. The van der Waals surface area contributed by atoms with Crippen LogP contribution >= 0.6 is 0 Å². The minimum atomic E-state index is -0.254. The van der Waals surface area contributed by atoms with Gasteiger partial charge in [-0.3, -0.25) is 9.78 Å². The fraction of sp³-hybridized carbons (Fsp3) is 0.294. The van der Waals surface area contributed by atoms with Crippen molar-refractivity contribution in [2.45, 2.75) is 32.1 Å². The third-order valence-corrected chi connectivity index (χ3v) is 4.18. The maximum Gasteiger partial charge on any atom is 0.278 e. The first kappa shape index (κ1) is 14.6. The van der Waals surface area contributed by atoms with E-state index in [1.54, 1.807) is 29.5 Å². The van der Waals surface area contributed by atoms with Crippen LogP contribution in [0.15, 0.2) is 41.4 Å². The van der Waals surface area contributed by atoms with Crippen molar-refractivity contribution >= 4 is 11.6 Å². The molecular formula is C17H17N5O2. The number of nitrogens with one attached hydrogen (secondary N) is 1. The maximum atomic E-state index is 12.5. The van der Waals surface area contributed by atoms with Crippen molar-refractivity contribution in [1.29, 1.82) is 0 Å². The summed E-state index contributed by atoms with van der Waals surface area (Å²) in [5.41, 5.74) is 2.83. The van der Waals surface area contributed by atoms with E-state index in [1.807, 2.05) is 12.1 Å². The molecule has 0 bridgehead atoms. The first-order chi connectivity index (χ1) is 11.8. The number of aryl methyl sites for hydroxylation is 1. The van der Waals surface area contributed by atoms with Gasteiger partial charge in [-0.2, -0.15) is 5.10 Å². The predicted molar refractivity (Wildman–Crippen MR) is 87.1 cm³/mol. The average Bonchev–Trinajstić information content (AvgIpc) is 3.17. The van der Waals surface area contributed by atoms with E-state index >= 15 is 0 Å². The molecular weight excluding hydrogens is 306 g/mol. The Morgan fingerprint density at radius 3 is 2.88 bits per heavy atom. The van der Waals surface area contributed by atoms with Gasteiger partial charge in [0.2, 0.25) is 0 Å². The average molecular weight is 323 g/mol. The molecule has 3 heterocycles. The second-order valence-corrected chi connectivity index (χ2v) is 5.83. The molecule has 0 aromatic carbocycles. The molecule has 0 unspecified atom stereocenters. The summed E-state index contributed by atoms with van der Waals surface area (Å²) in [7, 11) is 0. The Morgan fingerprint density at radius 2 is 2.00 bits per heavy atom. The van der Waals surface area contributed by atoms with Gasteiger partial charge in [0.25, 0.3) is 5.91 Å². The van der Waals surface area contributed by atoms with Crippen LogP contribution in [-0.2, 0) is 12.8 Å². The zero-order chi connectivity index (χ0) is 16.4. The number of rotatable bonds is 3. The van der Waals surface area contributed by atoms with Crippen molar-refractivity contribution in [3.63, 3.8) is 0 Å². The number of carbonyl (C=O) groups excluding carboxylic acids is 1. The summed E-state index contributed by atoms with van der Waals surface area (Å²) in [6, 6.07) is 3.69. The normalized spacial score (nSPS) is 14.0. The quantitative estimate of drug-likeness (QED) is 0.749. The molecule has 0 saturated heterocycles. The lowest BCUT2D eigenvalue weighted by atomic mass is 10.1. The zero-order valence-corrected chi connectivity index (χ0v) is 13.1. The molecule has 3 aromatic heterocycles. The van der Waals surface area contributed by atoms with Gasteiger partial charge < -0.3 is 9.84 Å². The standard InChI is InChI=1S/C17H17N5O2/c23-17(16-14-4-2-1-3-5-15(14)24-21-16)20-12-10-19-22(11-12)13-6-8-18-9-7-13/h6-11H,1-5H2,(H,20,23). The summed E-state index contributed by atoms with van der Waals surface area (Å²) >= 11 is 0. The van der Waals surface area contributed by atoms with Crippen molar-refractivity contribution in [2.24, 2.45) is 0 Å². The maximum absolute atomic E-state index is 12.5. The third-order valence-electron chi connectivity index (χ3n) is 4.18. The van der Waals surface area contributed by atoms with Gasteiger partial charge in [0.15, 0.2) is 5.69 Å². The van der Waals surface area contributed by atoms with E-state index in [0.29, 0.717) is 11.4 Å². The Bertz CT molecular complexity index is 853. The van der Waals surface area contributed by atoms with Crippen LogP contribution in [0.25, 0.3) is 5.69 Å². The van der Waals surface area contributed by atoms with Gasteiger partial charge in [0, 0.05) is 24.4 Å². The number of fused-ring (bicyclic) bond motifs is 1. The van der Waals surface area contributed by atoms with E-state index in [2.05, 4.69) is 20.6 Å². The van der Waals surface area contributed by atoms with Gasteiger partial charge in [0.05, 0.1) is 23.8 Å². The van der Waals surface area contributed by atoms with E-state index < -0.39 is 0 Å². The Balaban J connectivity index is 1.53. The molecule has 0 saturated carbocycles. The molecule has 0 spiro atoms. The second kappa shape index (κ2) is 6.27. The molecule has 1 aliphatic rings. The highest BCUT2D eigenvalue weighted by atomic mass is 16.5. The van der Waals surface area contributed by atoms with Crippen LogP contribution in [0.4, 0.5) is 5.69 Å². The molecule has 1 N–H and O–H groups in total. The van der Waals surface area contributed by atoms with Crippen LogP contribution in [0.2, 0.25) is 0 Å². The van der Waals surface area contributed by atoms with Gasteiger partial charge in [0.1, 0.15) is 5.76 Å². The minimum absolute atomic E-state index is 0.254. The Kier molecular flexibility index (Phi) is 3.82. The minimum Gasteiger partial charge on any atom is -0.360 e. The van der Waals surface area contributed by atoms with Gasteiger partial charge in [-0.15, -0.1) is 0 Å². The molecule has 1 aliphatic carbocycles. The Morgan fingerprint density at radius 1 is 1.17 bits per heavy atom. The van der Waals surface area contributed by atoms with E-state index in [0.717, 1.165) is 49.1 Å².